The SMILES string of the molecule is CNCCc1nc(-c2cc(C)c(OC)c(C)c2)cs1. The second-order valence-electron chi connectivity index (χ2n) is 4.62. The van der Waals surface area contributed by atoms with Crippen LogP contribution in [0.3, 0.4) is 0 Å². The summed E-state index contributed by atoms with van der Waals surface area (Å²) in [6, 6.07) is 4.28. The zero-order valence-electron chi connectivity index (χ0n) is 11.9. The summed E-state index contributed by atoms with van der Waals surface area (Å²) in [5.41, 5.74) is 4.54. The molecule has 0 aliphatic heterocycles. The second-order valence-corrected chi connectivity index (χ2v) is 5.57. The minimum absolute atomic E-state index is 0.966. The first-order valence-corrected chi connectivity index (χ1v) is 7.28. The highest BCUT2D eigenvalue weighted by molar-refractivity contribution is 7.09. The van der Waals surface area contributed by atoms with E-state index < -0.39 is 0 Å². The molecular formula is C15H20N2OS. The van der Waals surface area contributed by atoms with Crippen molar-refractivity contribution in [3.63, 3.8) is 0 Å². The second kappa shape index (κ2) is 6.17. The van der Waals surface area contributed by atoms with E-state index in [1.165, 1.54) is 10.6 Å². The van der Waals surface area contributed by atoms with E-state index in [0.717, 1.165) is 35.5 Å². The van der Waals surface area contributed by atoms with E-state index in [0.29, 0.717) is 0 Å². The van der Waals surface area contributed by atoms with Crippen molar-refractivity contribution < 1.29 is 4.74 Å². The first-order valence-electron chi connectivity index (χ1n) is 6.40. The Balaban J connectivity index is 2.29. The molecule has 0 radical (unpaired) electrons. The third-order valence-electron chi connectivity index (χ3n) is 3.10. The maximum atomic E-state index is 5.40. The maximum Gasteiger partial charge on any atom is 0.124 e. The number of rotatable bonds is 5. The number of hydrogen-bond acceptors (Lipinski definition) is 4. The Morgan fingerprint density at radius 2 is 1.95 bits per heavy atom. The summed E-state index contributed by atoms with van der Waals surface area (Å²) < 4.78 is 5.40. The van der Waals surface area contributed by atoms with Gasteiger partial charge in [-0.3, -0.25) is 0 Å². The number of methoxy groups -OCH3 is 1. The summed E-state index contributed by atoms with van der Waals surface area (Å²) in [7, 11) is 3.68. The highest BCUT2D eigenvalue weighted by Gasteiger charge is 2.09. The molecule has 0 saturated heterocycles. The van der Waals surface area contributed by atoms with Crippen LogP contribution in [0.4, 0.5) is 0 Å². The monoisotopic (exact) mass is 276 g/mol. The molecule has 0 saturated carbocycles. The van der Waals surface area contributed by atoms with Crippen LogP contribution in [0.1, 0.15) is 16.1 Å². The van der Waals surface area contributed by atoms with Crippen LogP contribution in [0.2, 0.25) is 0 Å². The Morgan fingerprint density at radius 3 is 2.53 bits per heavy atom. The predicted octanol–water partition coefficient (Wildman–Crippen LogP) is 3.20. The number of nitrogens with one attached hydrogen (secondary N) is 1. The number of hydrogen-bond donors (Lipinski definition) is 1. The van der Waals surface area contributed by atoms with Crippen LogP contribution in [0.15, 0.2) is 17.5 Å². The van der Waals surface area contributed by atoms with Crippen molar-refractivity contribution in [2.45, 2.75) is 20.3 Å². The van der Waals surface area contributed by atoms with Gasteiger partial charge in [-0.25, -0.2) is 4.98 Å². The van der Waals surface area contributed by atoms with Gasteiger partial charge in [-0.2, -0.15) is 0 Å². The van der Waals surface area contributed by atoms with Crippen molar-refractivity contribution in [1.82, 2.24) is 10.3 Å². The summed E-state index contributed by atoms with van der Waals surface area (Å²) in [6.45, 7) is 5.11. The highest BCUT2D eigenvalue weighted by atomic mass is 32.1. The first kappa shape index (κ1) is 14.0. The summed E-state index contributed by atoms with van der Waals surface area (Å²) >= 11 is 1.72. The van der Waals surface area contributed by atoms with E-state index in [1.807, 2.05) is 7.05 Å². The van der Waals surface area contributed by atoms with Gasteiger partial charge in [-0.05, 0) is 44.2 Å². The van der Waals surface area contributed by atoms with Gasteiger partial charge in [0.05, 0.1) is 17.8 Å². The molecule has 1 heterocycles. The number of aryl methyl sites for hydroxylation is 2. The maximum absolute atomic E-state index is 5.40. The van der Waals surface area contributed by atoms with Gasteiger partial charge in [0.1, 0.15) is 5.75 Å². The molecule has 1 N–H and O–H groups in total. The zero-order chi connectivity index (χ0) is 13.8. The van der Waals surface area contributed by atoms with Crippen molar-refractivity contribution in [3.05, 3.63) is 33.6 Å². The van der Waals surface area contributed by atoms with Crippen LogP contribution in [-0.4, -0.2) is 25.7 Å². The van der Waals surface area contributed by atoms with E-state index in [-0.39, 0.29) is 0 Å². The molecule has 3 nitrogen and oxygen atoms in total. The molecule has 4 heteroatoms. The lowest BCUT2D eigenvalue weighted by Gasteiger charge is -2.10. The normalized spacial score (nSPS) is 10.7. The average Bonchev–Trinajstić information content (AvgIpc) is 2.84. The molecule has 0 spiro atoms. The van der Waals surface area contributed by atoms with E-state index in [4.69, 9.17) is 9.72 Å². The van der Waals surface area contributed by atoms with Crippen LogP contribution in [0, 0.1) is 13.8 Å². The van der Waals surface area contributed by atoms with Gasteiger partial charge in [0.15, 0.2) is 0 Å². The van der Waals surface area contributed by atoms with E-state index in [9.17, 15) is 0 Å². The fourth-order valence-electron chi connectivity index (χ4n) is 2.21. The fraction of sp³-hybridized carbons (Fsp3) is 0.400. The lowest BCUT2D eigenvalue weighted by molar-refractivity contribution is 0.408. The van der Waals surface area contributed by atoms with Gasteiger partial charge in [0.2, 0.25) is 0 Å². The molecule has 2 aromatic rings. The van der Waals surface area contributed by atoms with Crippen molar-refractivity contribution in [3.8, 4) is 17.0 Å². The lowest BCUT2D eigenvalue weighted by atomic mass is 10.0. The number of ether oxygens (including phenoxy) is 1. The van der Waals surface area contributed by atoms with Crippen LogP contribution in [0.25, 0.3) is 11.3 Å². The molecule has 0 amide bonds. The van der Waals surface area contributed by atoms with Crippen molar-refractivity contribution in [2.24, 2.45) is 0 Å². The summed E-state index contributed by atoms with van der Waals surface area (Å²) in [6.07, 6.45) is 0.981. The van der Waals surface area contributed by atoms with Gasteiger partial charge in [-0.1, -0.05) is 0 Å². The quantitative estimate of drug-likeness (QED) is 0.910. The van der Waals surface area contributed by atoms with Crippen molar-refractivity contribution in [1.29, 1.82) is 0 Å². The molecule has 102 valence electrons. The largest absolute Gasteiger partial charge is 0.496 e. The van der Waals surface area contributed by atoms with Crippen LogP contribution in [0.5, 0.6) is 5.75 Å². The van der Waals surface area contributed by atoms with Gasteiger partial charge >= 0.3 is 0 Å². The molecule has 19 heavy (non-hydrogen) atoms. The van der Waals surface area contributed by atoms with Crippen LogP contribution >= 0.6 is 11.3 Å². The number of likely N-dealkylation sites (N-methyl/N-ethyl adjacent to an activating group) is 1. The molecule has 1 aromatic carbocycles. The molecule has 0 aliphatic carbocycles. The molecule has 0 bridgehead atoms. The van der Waals surface area contributed by atoms with Crippen molar-refractivity contribution in [2.75, 3.05) is 20.7 Å². The Labute approximate surface area is 118 Å². The smallest absolute Gasteiger partial charge is 0.124 e. The first-order chi connectivity index (χ1) is 9.15. The molecule has 0 unspecified atom stereocenters. The minimum atomic E-state index is 0.966. The van der Waals surface area contributed by atoms with Crippen LogP contribution in [-0.2, 0) is 6.42 Å². The Kier molecular flexibility index (Phi) is 4.56. The van der Waals surface area contributed by atoms with Gasteiger partial charge in [0, 0.05) is 23.9 Å². The zero-order valence-corrected chi connectivity index (χ0v) is 12.7. The highest BCUT2D eigenvalue weighted by Crippen LogP contribution is 2.30. The third-order valence-corrected chi connectivity index (χ3v) is 4.01. The Morgan fingerprint density at radius 1 is 1.26 bits per heavy atom. The van der Waals surface area contributed by atoms with Crippen LogP contribution < -0.4 is 10.1 Å². The molecule has 0 aliphatic rings. The summed E-state index contributed by atoms with van der Waals surface area (Å²) in [5, 5.41) is 6.46. The fourth-order valence-corrected chi connectivity index (χ4v) is 3.02. The molecule has 2 rings (SSSR count). The summed E-state index contributed by atoms with van der Waals surface area (Å²) in [4.78, 5) is 4.69. The number of nitrogens with zero attached hydrogens (tertiary/aromatic N) is 1. The van der Waals surface area contributed by atoms with Gasteiger partial charge < -0.3 is 10.1 Å². The van der Waals surface area contributed by atoms with E-state index in [1.54, 1.807) is 18.4 Å². The lowest BCUT2D eigenvalue weighted by Crippen LogP contribution is -2.09. The van der Waals surface area contributed by atoms with Gasteiger partial charge in [0.25, 0.3) is 0 Å². The van der Waals surface area contributed by atoms with E-state index in [2.05, 4.69) is 36.7 Å². The molecule has 0 fully saturated rings. The number of benzene rings is 1. The average molecular weight is 276 g/mol. The van der Waals surface area contributed by atoms with Crippen molar-refractivity contribution >= 4 is 11.3 Å². The minimum Gasteiger partial charge on any atom is -0.496 e. The van der Waals surface area contributed by atoms with E-state index >= 15 is 0 Å². The standard InChI is InChI=1S/C15H20N2OS/c1-10-7-12(8-11(2)15(10)18-4)13-9-19-14(17-13)5-6-16-3/h7-9,16H,5-6H2,1-4H3. The molecular weight excluding hydrogens is 256 g/mol. The number of aromatic nitrogens is 1. The Hall–Kier alpha value is -1.39. The summed E-state index contributed by atoms with van der Waals surface area (Å²) in [5.74, 6) is 0.967. The number of thiazole rings is 1. The topological polar surface area (TPSA) is 34.2 Å². The Bertz CT molecular complexity index is 540. The molecule has 1 aromatic heterocycles. The van der Waals surface area contributed by atoms with Gasteiger partial charge in [-0.15, -0.1) is 11.3 Å². The predicted molar refractivity (Wildman–Crippen MR) is 81.2 cm³/mol. The molecule has 0 atom stereocenters. The third kappa shape index (κ3) is 3.14.